The van der Waals surface area contributed by atoms with Crippen molar-refractivity contribution < 1.29 is 9.59 Å². The van der Waals surface area contributed by atoms with Crippen molar-refractivity contribution in [2.45, 2.75) is 26.2 Å². The Hall–Kier alpha value is -3.67. The van der Waals surface area contributed by atoms with Crippen molar-refractivity contribution in [2.75, 3.05) is 0 Å². The molecule has 0 aliphatic rings. The fourth-order valence-electron chi connectivity index (χ4n) is 3.20. The average molecular weight is 384 g/mol. The first kappa shape index (κ1) is 18.7. The van der Waals surface area contributed by atoms with Gasteiger partial charge in [0.2, 0.25) is 5.91 Å². The average Bonchev–Trinajstić information content (AvgIpc) is 3.21. The maximum atomic E-state index is 12.4. The van der Waals surface area contributed by atoms with Crippen molar-refractivity contribution in [3.63, 3.8) is 0 Å². The van der Waals surface area contributed by atoms with Crippen LogP contribution in [0, 0.1) is 0 Å². The zero-order chi connectivity index (χ0) is 20.2. The predicted molar refractivity (Wildman–Crippen MR) is 111 cm³/mol. The molecular weight excluding hydrogens is 364 g/mol. The molecule has 3 heterocycles. The summed E-state index contributed by atoms with van der Waals surface area (Å²) < 4.78 is 1.57. The summed E-state index contributed by atoms with van der Waals surface area (Å²) in [6.45, 7) is 1.82. The Morgan fingerprint density at radius 2 is 1.86 bits per heavy atom. The molecule has 1 aromatic carbocycles. The van der Waals surface area contributed by atoms with Gasteiger partial charge in [0.05, 0.1) is 17.2 Å². The Kier molecular flexibility index (Phi) is 5.24. The van der Waals surface area contributed by atoms with E-state index in [2.05, 4.69) is 15.0 Å². The highest BCUT2D eigenvalue weighted by Gasteiger charge is 2.11. The molecule has 0 amide bonds. The lowest BCUT2D eigenvalue weighted by atomic mass is 10.0. The molecule has 0 aliphatic heterocycles. The number of aromatic nitrogens is 4. The third-order valence-electron chi connectivity index (χ3n) is 4.84. The van der Waals surface area contributed by atoms with E-state index in [4.69, 9.17) is 0 Å². The van der Waals surface area contributed by atoms with E-state index in [0.717, 1.165) is 11.1 Å². The van der Waals surface area contributed by atoms with Crippen LogP contribution in [0.1, 0.15) is 40.5 Å². The maximum absolute atomic E-state index is 12.4. The quantitative estimate of drug-likeness (QED) is 0.462. The molecule has 6 nitrogen and oxygen atoms in total. The Bertz CT molecular complexity index is 1160. The van der Waals surface area contributed by atoms with Crippen LogP contribution < -0.4 is 0 Å². The molecule has 0 saturated carbocycles. The minimum absolute atomic E-state index is 0.00509. The summed E-state index contributed by atoms with van der Waals surface area (Å²) in [5, 5.41) is 0. The van der Waals surface area contributed by atoms with E-state index in [0.29, 0.717) is 41.7 Å². The van der Waals surface area contributed by atoms with Gasteiger partial charge in [-0.05, 0) is 24.1 Å². The fraction of sp³-hybridized carbons (Fsp3) is 0.174. The number of fused-ring (bicyclic) bond motifs is 1. The molecule has 3 aromatic heterocycles. The van der Waals surface area contributed by atoms with Gasteiger partial charge in [-0.3, -0.25) is 19.1 Å². The van der Waals surface area contributed by atoms with Crippen LogP contribution in [0.3, 0.4) is 0 Å². The lowest BCUT2D eigenvalue weighted by Gasteiger charge is -2.05. The molecule has 0 atom stereocenters. The Morgan fingerprint density at radius 1 is 1.03 bits per heavy atom. The fourth-order valence-corrected chi connectivity index (χ4v) is 3.20. The molecule has 6 heteroatoms. The van der Waals surface area contributed by atoms with E-state index in [-0.39, 0.29) is 11.7 Å². The van der Waals surface area contributed by atoms with Crippen LogP contribution in [0.2, 0.25) is 0 Å². The topological polar surface area (TPSA) is 77.7 Å². The third-order valence-corrected chi connectivity index (χ3v) is 4.84. The molecule has 0 N–H and O–H groups in total. The highest BCUT2D eigenvalue weighted by Crippen LogP contribution is 2.21. The van der Waals surface area contributed by atoms with Crippen LogP contribution in [0.5, 0.6) is 0 Å². The standard InChI is InChI=1S/C23H20N4O2/c1-2-22(29)27-13-11-19-20(27)15-25-23(26-19)18-8-6-17(7-9-18)21(28)10-5-16-4-3-12-24-14-16/h3-4,6-9,11-15H,2,5,10H2,1H3. The Morgan fingerprint density at radius 3 is 2.59 bits per heavy atom. The number of aryl methyl sites for hydroxylation is 1. The molecule has 0 unspecified atom stereocenters. The predicted octanol–water partition coefficient (Wildman–Crippen LogP) is 4.36. The van der Waals surface area contributed by atoms with E-state index in [1.807, 2.05) is 37.3 Å². The van der Waals surface area contributed by atoms with Gasteiger partial charge in [0.1, 0.15) is 0 Å². The van der Waals surface area contributed by atoms with Gasteiger partial charge in [0.15, 0.2) is 11.6 Å². The van der Waals surface area contributed by atoms with E-state index in [9.17, 15) is 9.59 Å². The monoisotopic (exact) mass is 384 g/mol. The van der Waals surface area contributed by atoms with Gasteiger partial charge < -0.3 is 0 Å². The second kappa shape index (κ2) is 8.14. The molecule has 0 spiro atoms. The number of ketones is 1. The number of hydrogen-bond acceptors (Lipinski definition) is 5. The third kappa shape index (κ3) is 3.96. The number of rotatable bonds is 6. The zero-order valence-corrected chi connectivity index (χ0v) is 16.1. The normalized spacial score (nSPS) is 10.9. The van der Waals surface area contributed by atoms with Crippen molar-refractivity contribution in [1.82, 2.24) is 19.5 Å². The van der Waals surface area contributed by atoms with Crippen molar-refractivity contribution in [3.05, 3.63) is 78.4 Å². The van der Waals surface area contributed by atoms with Crippen LogP contribution in [0.15, 0.2) is 67.3 Å². The van der Waals surface area contributed by atoms with Crippen molar-refractivity contribution in [2.24, 2.45) is 0 Å². The molecule has 0 bridgehead atoms. The second-order valence-electron chi connectivity index (χ2n) is 6.76. The van der Waals surface area contributed by atoms with Gasteiger partial charge in [-0.25, -0.2) is 9.97 Å². The summed E-state index contributed by atoms with van der Waals surface area (Å²) in [6, 6.07) is 13.0. The molecule has 29 heavy (non-hydrogen) atoms. The first-order chi connectivity index (χ1) is 14.2. The second-order valence-corrected chi connectivity index (χ2v) is 6.76. The summed E-state index contributed by atoms with van der Waals surface area (Å²) in [4.78, 5) is 37.4. The van der Waals surface area contributed by atoms with Gasteiger partial charge in [0.25, 0.3) is 0 Å². The minimum Gasteiger partial charge on any atom is -0.294 e. The number of nitrogens with zero attached hydrogens (tertiary/aromatic N) is 4. The van der Waals surface area contributed by atoms with E-state index < -0.39 is 0 Å². The number of carbonyl (C=O) groups excluding carboxylic acids is 2. The van der Waals surface area contributed by atoms with Gasteiger partial charge >= 0.3 is 0 Å². The minimum atomic E-state index is 0.00509. The summed E-state index contributed by atoms with van der Waals surface area (Å²) in [5.41, 5.74) is 3.95. The lowest BCUT2D eigenvalue weighted by Crippen LogP contribution is -2.07. The first-order valence-corrected chi connectivity index (χ1v) is 9.55. The van der Waals surface area contributed by atoms with Crippen LogP contribution in [-0.2, 0) is 6.42 Å². The molecule has 4 aromatic rings. The van der Waals surface area contributed by atoms with Gasteiger partial charge in [-0.1, -0.05) is 37.3 Å². The van der Waals surface area contributed by atoms with Crippen LogP contribution in [-0.4, -0.2) is 31.2 Å². The van der Waals surface area contributed by atoms with Crippen molar-refractivity contribution in [3.8, 4) is 11.4 Å². The van der Waals surface area contributed by atoms with Crippen LogP contribution >= 0.6 is 0 Å². The van der Waals surface area contributed by atoms with Gasteiger partial charge in [-0.2, -0.15) is 0 Å². The number of Topliss-reactive ketones (excluding diaryl/α,β-unsaturated/α-hetero) is 1. The van der Waals surface area contributed by atoms with Crippen molar-refractivity contribution >= 4 is 22.7 Å². The molecule has 0 radical (unpaired) electrons. The maximum Gasteiger partial charge on any atom is 0.230 e. The molecular formula is C23H20N4O2. The molecule has 0 saturated heterocycles. The summed E-state index contributed by atoms with van der Waals surface area (Å²) in [5.74, 6) is 0.658. The van der Waals surface area contributed by atoms with E-state index >= 15 is 0 Å². The van der Waals surface area contributed by atoms with E-state index in [1.165, 1.54) is 0 Å². The number of benzene rings is 1. The number of carbonyl (C=O) groups is 2. The SMILES string of the molecule is CCC(=O)n1ccc2nc(-c3ccc(C(=O)CCc4cccnc4)cc3)ncc21. The lowest BCUT2D eigenvalue weighted by molar-refractivity contribution is 0.0913. The number of pyridine rings is 1. The highest BCUT2D eigenvalue weighted by molar-refractivity contribution is 5.96. The first-order valence-electron chi connectivity index (χ1n) is 9.55. The highest BCUT2D eigenvalue weighted by atomic mass is 16.2. The van der Waals surface area contributed by atoms with Crippen LogP contribution in [0.4, 0.5) is 0 Å². The van der Waals surface area contributed by atoms with Crippen molar-refractivity contribution in [1.29, 1.82) is 0 Å². The Balaban J connectivity index is 1.50. The molecule has 0 fully saturated rings. The molecule has 144 valence electrons. The largest absolute Gasteiger partial charge is 0.294 e. The summed E-state index contributed by atoms with van der Waals surface area (Å²) >= 11 is 0. The molecule has 0 aliphatic carbocycles. The number of hydrogen-bond donors (Lipinski definition) is 0. The van der Waals surface area contributed by atoms with Crippen LogP contribution in [0.25, 0.3) is 22.4 Å². The van der Waals surface area contributed by atoms with Gasteiger partial charge in [0, 0.05) is 42.6 Å². The van der Waals surface area contributed by atoms with Gasteiger partial charge in [-0.15, -0.1) is 0 Å². The Labute approximate surface area is 168 Å². The summed E-state index contributed by atoms with van der Waals surface area (Å²) in [7, 11) is 0. The van der Waals surface area contributed by atoms with E-state index in [1.54, 1.807) is 41.5 Å². The summed E-state index contributed by atoms with van der Waals surface area (Å²) in [6.07, 6.45) is 8.42. The molecule has 4 rings (SSSR count). The zero-order valence-electron chi connectivity index (χ0n) is 16.1. The smallest absolute Gasteiger partial charge is 0.230 e.